The van der Waals surface area contributed by atoms with Crippen LogP contribution in [0.5, 0.6) is 0 Å². The van der Waals surface area contributed by atoms with Gasteiger partial charge in [-0.1, -0.05) is 44.2 Å². The molecule has 0 saturated heterocycles. The van der Waals surface area contributed by atoms with E-state index < -0.39 is 0 Å². The first kappa shape index (κ1) is 18.2. The fourth-order valence-corrected chi connectivity index (χ4v) is 3.86. The van der Waals surface area contributed by atoms with Gasteiger partial charge in [-0.2, -0.15) is 0 Å². The van der Waals surface area contributed by atoms with Gasteiger partial charge in [0.25, 0.3) is 0 Å². The summed E-state index contributed by atoms with van der Waals surface area (Å²) < 4.78 is 2.28. The number of imidazole rings is 2. The van der Waals surface area contributed by atoms with Gasteiger partial charge >= 0.3 is 0 Å². The van der Waals surface area contributed by atoms with Crippen molar-refractivity contribution in [3.63, 3.8) is 0 Å². The molecule has 0 amide bonds. The Morgan fingerprint density at radius 3 is 2.29 bits per heavy atom. The van der Waals surface area contributed by atoms with E-state index in [1.807, 2.05) is 12.4 Å². The minimum absolute atomic E-state index is 0.545. The van der Waals surface area contributed by atoms with E-state index in [1.54, 1.807) is 6.20 Å². The zero-order chi connectivity index (χ0) is 19.7. The van der Waals surface area contributed by atoms with Gasteiger partial charge in [-0.15, -0.1) is 0 Å². The highest BCUT2D eigenvalue weighted by atomic mass is 15.1. The van der Waals surface area contributed by atoms with Crippen LogP contribution < -0.4 is 0 Å². The van der Waals surface area contributed by atoms with Crippen molar-refractivity contribution in [2.24, 2.45) is 5.92 Å². The Kier molecular flexibility index (Phi) is 4.86. The number of aromatic nitrogens is 4. The summed E-state index contributed by atoms with van der Waals surface area (Å²) in [4.78, 5) is 12.4. The Morgan fingerprint density at radius 1 is 0.964 bits per heavy atom. The van der Waals surface area contributed by atoms with Crippen LogP contribution in [-0.2, 0) is 6.42 Å². The molecule has 4 heteroatoms. The fourth-order valence-electron chi connectivity index (χ4n) is 3.86. The summed E-state index contributed by atoms with van der Waals surface area (Å²) >= 11 is 0. The second-order valence-corrected chi connectivity index (χ2v) is 7.77. The van der Waals surface area contributed by atoms with Crippen molar-refractivity contribution in [1.29, 1.82) is 0 Å². The summed E-state index contributed by atoms with van der Waals surface area (Å²) in [7, 11) is 0. The third-order valence-corrected chi connectivity index (χ3v) is 4.98. The number of nitrogens with zero attached hydrogens (tertiary/aromatic N) is 3. The number of H-pyrrole nitrogens is 1. The van der Waals surface area contributed by atoms with Gasteiger partial charge in [0.15, 0.2) is 11.6 Å². The number of hydrogen-bond donors (Lipinski definition) is 1. The molecule has 0 bridgehead atoms. The molecule has 0 aliphatic rings. The van der Waals surface area contributed by atoms with Crippen LogP contribution in [-0.4, -0.2) is 19.5 Å². The highest BCUT2D eigenvalue weighted by molar-refractivity contribution is 5.69. The lowest BCUT2D eigenvalue weighted by Gasteiger charge is -2.19. The second kappa shape index (κ2) is 7.47. The molecule has 0 unspecified atom stereocenters. The molecule has 0 radical (unpaired) electrons. The first-order valence-corrected chi connectivity index (χ1v) is 9.78. The van der Waals surface area contributed by atoms with Gasteiger partial charge in [-0.25, -0.2) is 9.97 Å². The maximum absolute atomic E-state index is 4.72. The quantitative estimate of drug-likeness (QED) is 0.486. The Labute approximate surface area is 166 Å². The summed E-state index contributed by atoms with van der Waals surface area (Å²) in [6, 6.07) is 15.1. The largest absolute Gasteiger partial charge is 0.342 e. The molecule has 2 heterocycles. The maximum Gasteiger partial charge on any atom is 0.181 e. The number of hydrogen-bond acceptors (Lipinski definition) is 2. The smallest absolute Gasteiger partial charge is 0.181 e. The van der Waals surface area contributed by atoms with Crippen molar-refractivity contribution in [2.75, 3.05) is 0 Å². The van der Waals surface area contributed by atoms with Gasteiger partial charge in [0.05, 0.1) is 5.69 Å². The molecule has 4 rings (SSSR count). The Hall–Kier alpha value is -3.14. The van der Waals surface area contributed by atoms with E-state index in [9.17, 15) is 0 Å². The lowest BCUT2D eigenvalue weighted by atomic mass is 9.98. The molecule has 1 N–H and O–H groups in total. The van der Waals surface area contributed by atoms with Gasteiger partial charge < -0.3 is 4.98 Å². The van der Waals surface area contributed by atoms with Crippen LogP contribution in [0.15, 0.2) is 61.1 Å². The van der Waals surface area contributed by atoms with Crippen LogP contribution in [0.25, 0.3) is 28.5 Å². The lowest BCUT2D eigenvalue weighted by Crippen LogP contribution is -2.09. The number of aryl methyl sites for hydroxylation is 2. The first-order chi connectivity index (χ1) is 13.5. The summed E-state index contributed by atoms with van der Waals surface area (Å²) in [5, 5.41) is 0. The third-order valence-electron chi connectivity index (χ3n) is 4.98. The van der Waals surface area contributed by atoms with Crippen molar-refractivity contribution in [3.8, 4) is 28.5 Å². The van der Waals surface area contributed by atoms with E-state index in [2.05, 4.69) is 84.7 Å². The SMILES string of the molecule is Cc1cc(-c2ccccc2)cc(C)c1-n1c(CC(C)C)cnc1-c1ncc[nH]1. The van der Waals surface area contributed by atoms with E-state index in [0.29, 0.717) is 5.92 Å². The number of rotatable bonds is 5. The maximum atomic E-state index is 4.72. The zero-order valence-electron chi connectivity index (χ0n) is 16.9. The minimum atomic E-state index is 0.545. The lowest BCUT2D eigenvalue weighted by molar-refractivity contribution is 0.627. The van der Waals surface area contributed by atoms with E-state index in [4.69, 9.17) is 4.98 Å². The van der Waals surface area contributed by atoms with Gasteiger partial charge in [-0.05, 0) is 60.6 Å². The highest BCUT2D eigenvalue weighted by Crippen LogP contribution is 2.31. The highest BCUT2D eigenvalue weighted by Gasteiger charge is 2.19. The van der Waals surface area contributed by atoms with Crippen LogP contribution in [0.4, 0.5) is 0 Å². The molecule has 2 aromatic heterocycles. The number of benzene rings is 2. The summed E-state index contributed by atoms with van der Waals surface area (Å²) in [6.45, 7) is 8.84. The molecule has 0 saturated carbocycles. The molecule has 0 fully saturated rings. The Morgan fingerprint density at radius 2 is 1.68 bits per heavy atom. The van der Waals surface area contributed by atoms with Crippen molar-refractivity contribution < 1.29 is 0 Å². The standard InChI is InChI=1S/C24H26N4/c1-16(2)12-21-15-27-24(23-25-10-11-26-23)28(21)22-17(3)13-20(14-18(22)4)19-8-6-5-7-9-19/h5-11,13-16H,12H2,1-4H3,(H,25,26). The monoisotopic (exact) mass is 370 g/mol. The summed E-state index contributed by atoms with van der Waals surface area (Å²) in [6.07, 6.45) is 6.57. The average Bonchev–Trinajstić information content (AvgIpc) is 3.32. The predicted octanol–water partition coefficient (Wildman–Crippen LogP) is 5.74. The van der Waals surface area contributed by atoms with Crippen LogP contribution in [0.2, 0.25) is 0 Å². The molecule has 28 heavy (non-hydrogen) atoms. The normalized spacial score (nSPS) is 11.3. The van der Waals surface area contributed by atoms with Crippen LogP contribution in [0.3, 0.4) is 0 Å². The van der Waals surface area contributed by atoms with Crippen molar-refractivity contribution in [2.45, 2.75) is 34.1 Å². The van der Waals surface area contributed by atoms with Crippen molar-refractivity contribution in [1.82, 2.24) is 19.5 Å². The topological polar surface area (TPSA) is 46.5 Å². The van der Waals surface area contributed by atoms with Crippen LogP contribution in [0, 0.1) is 19.8 Å². The molecular formula is C24H26N4. The van der Waals surface area contributed by atoms with Gasteiger partial charge in [-0.3, -0.25) is 4.57 Å². The number of nitrogens with one attached hydrogen (secondary N) is 1. The van der Waals surface area contributed by atoms with E-state index in [-0.39, 0.29) is 0 Å². The van der Waals surface area contributed by atoms with E-state index in [0.717, 1.165) is 18.1 Å². The van der Waals surface area contributed by atoms with Gasteiger partial charge in [0.1, 0.15) is 0 Å². The molecule has 0 spiro atoms. The Bertz CT molecular complexity index is 1050. The molecular weight excluding hydrogens is 344 g/mol. The molecule has 0 atom stereocenters. The summed E-state index contributed by atoms with van der Waals surface area (Å²) in [5.74, 6) is 2.20. The predicted molar refractivity (Wildman–Crippen MR) is 115 cm³/mol. The molecule has 142 valence electrons. The number of aromatic amines is 1. The first-order valence-electron chi connectivity index (χ1n) is 9.78. The molecule has 2 aromatic carbocycles. The van der Waals surface area contributed by atoms with Crippen LogP contribution in [0.1, 0.15) is 30.7 Å². The van der Waals surface area contributed by atoms with Crippen molar-refractivity contribution in [3.05, 3.63) is 77.9 Å². The van der Waals surface area contributed by atoms with E-state index >= 15 is 0 Å². The summed E-state index contributed by atoms with van der Waals surface area (Å²) in [5.41, 5.74) is 7.34. The van der Waals surface area contributed by atoms with E-state index in [1.165, 1.54) is 33.6 Å². The minimum Gasteiger partial charge on any atom is -0.342 e. The van der Waals surface area contributed by atoms with Crippen molar-refractivity contribution >= 4 is 0 Å². The third kappa shape index (κ3) is 3.38. The molecule has 4 nitrogen and oxygen atoms in total. The van der Waals surface area contributed by atoms with Crippen LogP contribution >= 0.6 is 0 Å². The Balaban J connectivity index is 1.90. The second-order valence-electron chi connectivity index (χ2n) is 7.77. The van der Waals surface area contributed by atoms with Gasteiger partial charge in [0, 0.05) is 24.3 Å². The zero-order valence-corrected chi connectivity index (χ0v) is 16.9. The fraction of sp³-hybridized carbons (Fsp3) is 0.250. The molecule has 0 aliphatic heterocycles. The average molecular weight is 371 g/mol. The molecule has 0 aliphatic carbocycles. The molecule has 4 aromatic rings. The van der Waals surface area contributed by atoms with Gasteiger partial charge in [0.2, 0.25) is 0 Å².